The summed E-state index contributed by atoms with van der Waals surface area (Å²) in [7, 11) is 1.70. The molecular formula is C13H15Br2N3O. The van der Waals surface area contributed by atoms with Gasteiger partial charge in [-0.2, -0.15) is 0 Å². The molecule has 0 saturated carbocycles. The molecule has 0 amide bonds. The molecular weight excluding hydrogens is 374 g/mol. The number of methoxy groups -OCH3 is 1. The molecule has 1 heterocycles. The van der Waals surface area contributed by atoms with Crippen LogP contribution in [0, 0.1) is 6.92 Å². The summed E-state index contributed by atoms with van der Waals surface area (Å²) < 4.78 is 8.32. The summed E-state index contributed by atoms with van der Waals surface area (Å²) >= 11 is 7.00. The van der Waals surface area contributed by atoms with Gasteiger partial charge in [0.1, 0.15) is 5.82 Å². The molecule has 19 heavy (non-hydrogen) atoms. The van der Waals surface area contributed by atoms with Gasteiger partial charge in [0.2, 0.25) is 0 Å². The minimum Gasteiger partial charge on any atom is -0.383 e. The number of halogens is 2. The Morgan fingerprint density at radius 1 is 1.32 bits per heavy atom. The van der Waals surface area contributed by atoms with Crippen molar-refractivity contribution in [2.24, 2.45) is 0 Å². The predicted molar refractivity (Wildman–Crippen MR) is 82.4 cm³/mol. The van der Waals surface area contributed by atoms with Gasteiger partial charge in [0.15, 0.2) is 5.82 Å². The second-order valence-corrected chi connectivity index (χ2v) is 5.55. The topological polar surface area (TPSA) is 39.9 Å². The molecule has 0 N–H and O–H groups in total. The molecule has 6 heteroatoms. The molecule has 4 nitrogen and oxygen atoms in total. The minimum absolute atomic E-state index is 0.637. The Kier molecular flexibility index (Phi) is 5.13. The molecule has 0 atom stereocenters. The van der Waals surface area contributed by atoms with Gasteiger partial charge in [0.05, 0.1) is 11.9 Å². The number of alkyl halides is 1. The van der Waals surface area contributed by atoms with Crippen molar-refractivity contribution in [2.45, 2.75) is 18.8 Å². The number of hydrogen-bond donors (Lipinski definition) is 0. The maximum atomic E-state index is 5.16. The second-order valence-electron chi connectivity index (χ2n) is 4.13. The van der Waals surface area contributed by atoms with Crippen LogP contribution in [0.3, 0.4) is 0 Å². The molecule has 2 rings (SSSR count). The Bertz CT molecular complexity index is 569. The Balaban J connectivity index is 2.49. The molecule has 1 aromatic heterocycles. The summed E-state index contributed by atoms with van der Waals surface area (Å²) in [4.78, 5) is 0. The highest BCUT2D eigenvalue weighted by atomic mass is 79.9. The molecule has 0 aliphatic heterocycles. The SMILES string of the molecule is COCCn1c(CBr)nnc1-c1cccc(Br)c1C. The normalized spacial score (nSPS) is 10.9. The number of rotatable bonds is 5. The zero-order valence-corrected chi connectivity index (χ0v) is 14.0. The van der Waals surface area contributed by atoms with E-state index in [9.17, 15) is 0 Å². The van der Waals surface area contributed by atoms with E-state index in [-0.39, 0.29) is 0 Å². The molecule has 0 unspecified atom stereocenters. The van der Waals surface area contributed by atoms with E-state index < -0.39 is 0 Å². The fourth-order valence-electron chi connectivity index (χ4n) is 1.90. The molecule has 0 radical (unpaired) electrons. The molecule has 0 spiro atoms. The van der Waals surface area contributed by atoms with Crippen molar-refractivity contribution in [3.8, 4) is 11.4 Å². The predicted octanol–water partition coefficient (Wildman–Crippen LogP) is 3.56. The third-order valence-corrected chi connectivity index (χ3v) is 4.34. The number of ether oxygens (including phenoxy) is 1. The Morgan fingerprint density at radius 3 is 2.79 bits per heavy atom. The van der Waals surface area contributed by atoms with Gasteiger partial charge in [0, 0.05) is 23.7 Å². The lowest BCUT2D eigenvalue weighted by atomic mass is 10.1. The maximum absolute atomic E-state index is 5.16. The first-order valence-corrected chi connectivity index (χ1v) is 7.83. The van der Waals surface area contributed by atoms with Crippen molar-refractivity contribution in [1.29, 1.82) is 0 Å². The molecule has 0 saturated heterocycles. The maximum Gasteiger partial charge on any atom is 0.164 e. The van der Waals surface area contributed by atoms with Gasteiger partial charge >= 0.3 is 0 Å². The number of hydrogen-bond acceptors (Lipinski definition) is 3. The van der Waals surface area contributed by atoms with Gasteiger partial charge in [0.25, 0.3) is 0 Å². The van der Waals surface area contributed by atoms with Crippen molar-refractivity contribution in [2.75, 3.05) is 13.7 Å². The highest BCUT2D eigenvalue weighted by molar-refractivity contribution is 9.10. The third-order valence-electron chi connectivity index (χ3n) is 2.97. The second kappa shape index (κ2) is 6.63. The van der Waals surface area contributed by atoms with Crippen LogP contribution in [0.15, 0.2) is 22.7 Å². The van der Waals surface area contributed by atoms with Crippen LogP contribution in [-0.2, 0) is 16.6 Å². The summed E-state index contributed by atoms with van der Waals surface area (Å²) in [6.45, 7) is 3.45. The van der Waals surface area contributed by atoms with E-state index in [0.717, 1.165) is 33.8 Å². The Labute approximate surface area is 129 Å². The monoisotopic (exact) mass is 387 g/mol. The quantitative estimate of drug-likeness (QED) is 0.735. The van der Waals surface area contributed by atoms with Gasteiger partial charge in [-0.1, -0.05) is 44.0 Å². The number of benzene rings is 1. The Morgan fingerprint density at radius 2 is 2.11 bits per heavy atom. The van der Waals surface area contributed by atoms with Gasteiger partial charge in [-0.05, 0) is 18.6 Å². The fourth-order valence-corrected chi connectivity index (χ4v) is 2.68. The van der Waals surface area contributed by atoms with Crippen LogP contribution in [0.5, 0.6) is 0 Å². The van der Waals surface area contributed by atoms with E-state index >= 15 is 0 Å². The lowest BCUT2D eigenvalue weighted by Crippen LogP contribution is -2.09. The fraction of sp³-hybridized carbons (Fsp3) is 0.385. The summed E-state index contributed by atoms with van der Waals surface area (Å²) in [5, 5.41) is 9.23. The summed E-state index contributed by atoms with van der Waals surface area (Å²) in [5.41, 5.74) is 2.25. The molecule has 0 bridgehead atoms. The van der Waals surface area contributed by atoms with Crippen LogP contribution < -0.4 is 0 Å². The highest BCUT2D eigenvalue weighted by Crippen LogP contribution is 2.28. The lowest BCUT2D eigenvalue weighted by Gasteiger charge is -2.11. The first-order valence-electron chi connectivity index (χ1n) is 5.91. The zero-order valence-electron chi connectivity index (χ0n) is 10.9. The van der Waals surface area contributed by atoms with Gasteiger partial charge in [-0.15, -0.1) is 10.2 Å². The third kappa shape index (κ3) is 3.07. The average Bonchev–Trinajstić information content (AvgIpc) is 2.82. The minimum atomic E-state index is 0.637. The zero-order chi connectivity index (χ0) is 13.8. The van der Waals surface area contributed by atoms with E-state index in [1.165, 1.54) is 0 Å². The molecule has 0 aliphatic carbocycles. The van der Waals surface area contributed by atoms with Crippen molar-refractivity contribution in [3.05, 3.63) is 34.1 Å². The average molecular weight is 389 g/mol. The standard InChI is InChI=1S/C13H15Br2N3O/c1-9-10(4-3-5-11(9)15)13-17-16-12(8-14)18(13)6-7-19-2/h3-5H,6-8H2,1-2H3. The van der Waals surface area contributed by atoms with E-state index in [1.54, 1.807) is 7.11 Å². The van der Waals surface area contributed by atoms with Crippen molar-refractivity contribution in [3.63, 3.8) is 0 Å². The summed E-state index contributed by atoms with van der Waals surface area (Å²) in [5.74, 6) is 1.79. The largest absolute Gasteiger partial charge is 0.383 e. The van der Waals surface area contributed by atoms with E-state index in [4.69, 9.17) is 4.74 Å². The van der Waals surface area contributed by atoms with E-state index in [2.05, 4.69) is 59.6 Å². The molecule has 0 fully saturated rings. The summed E-state index contributed by atoms with van der Waals surface area (Å²) in [6.07, 6.45) is 0. The van der Waals surface area contributed by atoms with Crippen LogP contribution >= 0.6 is 31.9 Å². The van der Waals surface area contributed by atoms with Crippen LogP contribution in [0.2, 0.25) is 0 Å². The lowest BCUT2D eigenvalue weighted by molar-refractivity contribution is 0.187. The van der Waals surface area contributed by atoms with E-state index in [0.29, 0.717) is 11.9 Å². The van der Waals surface area contributed by atoms with Crippen LogP contribution in [-0.4, -0.2) is 28.5 Å². The van der Waals surface area contributed by atoms with E-state index in [1.807, 2.05) is 12.1 Å². The summed E-state index contributed by atoms with van der Waals surface area (Å²) in [6, 6.07) is 6.10. The van der Waals surface area contributed by atoms with Crippen LogP contribution in [0.1, 0.15) is 11.4 Å². The van der Waals surface area contributed by atoms with Crippen LogP contribution in [0.25, 0.3) is 11.4 Å². The smallest absolute Gasteiger partial charge is 0.164 e. The molecule has 0 aliphatic rings. The first-order chi connectivity index (χ1) is 9.19. The molecule has 2 aromatic rings. The molecule has 1 aromatic carbocycles. The van der Waals surface area contributed by atoms with Gasteiger partial charge in [-0.25, -0.2) is 0 Å². The van der Waals surface area contributed by atoms with Crippen molar-refractivity contribution >= 4 is 31.9 Å². The highest BCUT2D eigenvalue weighted by Gasteiger charge is 2.15. The van der Waals surface area contributed by atoms with Crippen molar-refractivity contribution < 1.29 is 4.74 Å². The Hall–Kier alpha value is -0.720. The number of nitrogens with zero attached hydrogens (tertiary/aromatic N) is 3. The molecule has 102 valence electrons. The van der Waals surface area contributed by atoms with Gasteiger partial charge in [-0.3, -0.25) is 0 Å². The first kappa shape index (κ1) is 14.7. The van der Waals surface area contributed by atoms with Gasteiger partial charge < -0.3 is 9.30 Å². The van der Waals surface area contributed by atoms with Crippen molar-refractivity contribution in [1.82, 2.24) is 14.8 Å². The number of aromatic nitrogens is 3. The van der Waals surface area contributed by atoms with Crippen LogP contribution in [0.4, 0.5) is 0 Å².